The number of carbonyl (C=O) groups is 2. The molecule has 1 aliphatic heterocycles. The molecule has 8 heteroatoms. The summed E-state index contributed by atoms with van der Waals surface area (Å²) >= 11 is 4.62. The van der Waals surface area contributed by atoms with Crippen LogP contribution in [-0.4, -0.2) is 38.2 Å². The molecule has 0 saturated carbocycles. The molecule has 3 heterocycles. The number of rotatable bonds is 6. The quantitative estimate of drug-likeness (QED) is 0.183. The number of aliphatic imine (C=N–C) groups is 1. The number of nitrogens with one attached hydrogen (secondary N) is 2. The Bertz CT molecular complexity index is 1490. The second kappa shape index (κ2) is 7.92. The van der Waals surface area contributed by atoms with E-state index in [1.165, 1.54) is 0 Å². The van der Waals surface area contributed by atoms with Crippen LogP contribution >= 0.6 is 12.2 Å². The summed E-state index contributed by atoms with van der Waals surface area (Å²) in [4.78, 5) is 33.0. The number of aromatic amines is 1. The van der Waals surface area contributed by atoms with Crippen molar-refractivity contribution in [3.05, 3.63) is 66.0 Å². The van der Waals surface area contributed by atoms with Crippen molar-refractivity contribution in [3.8, 4) is 5.75 Å². The van der Waals surface area contributed by atoms with E-state index in [9.17, 15) is 14.7 Å². The van der Waals surface area contributed by atoms with E-state index in [-0.39, 0.29) is 5.75 Å². The minimum Gasteiger partial charge on any atom is -0.508 e. The number of aromatic nitrogens is 2. The topological polar surface area (TPSA) is 99.5 Å². The molecule has 3 N–H and O–H groups in total. The molecule has 0 unspecified atom stereocenters. The highest BCUT2D eigenvalue weighted by molar-refractivity contribution is 7.78. The summed E-state index contributed by atoms with van der Waals surface area (Å²) in [5, 5.41) is 16.5. The number of hydrogen-bond acceptors (Lipinski definition) is 5. The van der Waals surface area contributed by atoms with Gasteiger partial charge in [0.05, 0.1) is 22.9 Å². The predicted molar refractivity (Wildman–Crippen MR) is 126 cm³/mol. The van der Waals surface area contributed by atoms with Crippen molar-refractivity contribution in [1.29, 1.82) is 0 Å². The number of benzene rings is 2. The summed E-state index contributed by atoms with van der Waals surface area (Å²) in [5.74, 6) is -0.810. The average Bonchev–Trinajstić information content (AvgIpc) is 3.44. The number of thiocarbonyl (C=S) groups is 1. The molecule has 4 aromatic rings. The van der Waals surface area contributed by atoms with Crippen LogP contribution < -0.4 is 5.32 Å². The number of nitrogens with zero attached hydrogens (tertiary/aromatic N) is 2. The van der Waals surface area contributed by atoms with Gasteiger partial charge in [-0.3, -0.25) is 14.9 Å². The van der Waals surface area contributed by atoms with Crippen molar-refractivity contribution >= 4 is 62.1 Å². The van der Waals surface area contributed by atoms with Crippen molar-refractivity contribution in [2.24, 2.45) is 4.99 Å². The molecular formula is C24H18N4O3S. The van der Waals surface area contributed by atoms with Gasteiger partial charge >= 0.3 is 0 Å². The van der Waals surface area contributed by atoms with Crippen LogP contribution in [0.15, 0.2) is 59.9 Å². The summed E-state index contributed by atoms with van der Waals surface area (Å²) in [6.45, 7) is 1.17. The van der Waals surface area contributed by atoms with Crippen molar-refractivity contribution < 1.29 is 14.7 Å². The first-order chi connectivity index (χ1) is 15.6. The number of amides is 2. The number of H-pyrrole nitrogens is 1. The first-order valence-electron chi connectivity index (χ1n) is 10.1. The molecule has 5 rings (SSSR count). The molecule has 0 spiro atoms. The van der Waals surface area contributed by atoms with Gasteiger partial charge in [0.25, 0.3) is 11.8 Å². The third-order valence-corrected chi connectivity index (χ3v) is 5.79. The monoisotopic (exact) mass is 442 g/mol. The van der Waals surface area contributed by atoms with Gasteiger partial charge in [-0.15, -0.1) is 0 Å². The van der Waals surface area contributed by atoms with Gasteiger partial charge in [-0.25, -0.2) is 4.99 Å². The summed E-state index contributed by atoms with van der Waals surface area (Å²) in [7, 11) is 0. The van der Waals surface area contributed by atoms with Crippen LogP contribution in [0.2, 0.25) is 0 Å². The molecule has 1 aliphatic rings. The molecule has 158 valence electrons. The molecule has 2 aromatic heterocycles. The number of aromatic hydroxyl groups is 1. The van der Waals surface area contributed by atoms with E-state index in [0.717, 1.165) is 22.8 Å². The van der Waals surface area contributed by atoms with Crippen molar-refractivity contribution in [2.45, 2.75) is 13.0 Å². The number of hydrogen-bond donors (Lipinski definition) is 3. The Labute approximate surface area is 188 Å². The lowest BCUT2D eigenvalue weighted by Gasteiger charge is -2.03. The van der Waals surface area contributed by atoms with Crippen molar-refractivity contribution in [2.75, 3.05) is 6.54 Å². The number of isothiocyanates is 1. The molecule has 2 amide bonds. The number of phenols is 1. The first kappa shape index (κ1) is 19.9. The second-order valence-electron chi connectivity index (χ2n) is 7.55. The summed E-state index contributed by atoms with van der Waals surface area (Å²) in [6.07, 6.45) is 4.33. The van der Waals surface area contributed by atoms with E-state index >= 15 is 0 Å². The maximum absolute atomic E-state index is 13.0. The molecule has 0 fully saturated rings. The Hall–Kier alpha value is -4.00. The van der Waals surface area contributed by atoms with Crippen LogP contribution in [0.25, 0.3) is 33.0 Å². The van der Waals surface area contributed by atoms with E-state index in [4.69, 9.17) is 0 Å². The number of aryl methyl sites for hydroxylation is 1. The van der Waals surface area contributed by atoms with Gasteiger partial charge in [0.1, 0.15) is 5.75 Å². The minimum absolute atomic E-state index is 0.0841. The summed E-state index contributed by atoms with van der Waals surface area (Å²) < 4.78 is 2.00. The van der Waals surface area contributed by atoms with E-state index < -0.39 is 11.8 Å². The average molecular weight is 443 g/mol. The maximum atomic E-state index is 13.0. The highest BCUT2D eigenvalue weighted by Gasteiger charge is 2.35. The largest absolute Gasteiger partial charge is 0.508 e. The van der Waals surface area contributed by atoms with Crippen LogP contribution in [0.5, 0.6) is 5.75 Å². The molecular weight excluding hydrogens is 424 g/mol. The second-order valence-corrected chi connectivity index (χ2v) is 7.73. The Morgan fingerprint density at radius 1 is 1.03 bits per heavy atom. The summed E-state index contributed by atoms with van der Waals surface area (Å²) in [6, 6.07) is 12.6. The third kappa shape index (κ3) is 3.22. The Morgan fingerprint density at radius 2 is 1.81 bits per heavy atom. The Kier molecular flexibility index (Phi) is 4.93. The number of fused-ring (bicyclic) bond motifs is 2. The molecule has 0 saturated heterocycles. The van der Waals surface area contributed by atoms with Gasteiger partial charge in [-0.05, 0) is 42.9 Å². The fraction of sp³-hybridized carbons (Fsp3) is 0.125. The zero-order valence-corrected chi connectivity index (χ0v) is 17.7. The SMILES string of the molecule is O=C1NC(=O)C(c2cn(CCCN=C=S)c3ccc(O)cc23)=C1c1c[nH]c2ccccc12. The van der Waals surface area contributed by atoms with Gasteiger partial charge in [0, 0.05) is 51.9 Å². The number of carbonyl (C=O) groups excluding carboxylic acids is 2. The van der Waals surface area contributed by atoms with Crippen LogP contribution in [0.3, 0.4) is 0 Å². The normalized spacial score (nSPS) is 13.8. The molecule has 0 bridgehead atoms. The number of para-hydroxylation sites is 1. The van der Waals surface area contributed by atoms with Crippen molar-refractivity contribution in [1.82, 2.24) is 14.9 Å². The molecule has 0 atom stereocenters. The van der Waals surface area contributed by atoms with E-state index in [1.807, 2.05) is 35.0 Å². The lowest BCUT2D eigenvalue weighted by atomic mass is 9.95. The predicted octanol–water partition coefficient (Wildman–Crippen LogP) is 3.89. The highest BCUT2D eigenvalue weighted by Crippen LogP contribution is 2.39. The minimum atomic E-state index is -0.456. The lowest BCUT2D eigenvalue weighted by Crippen LogP contribution is -2.22. The van der Waals surface area contributed by atoms with Gasteiger partial charge in [-0.2, -0.15) is 0 Å². The van der Waals surface area contributed by atoms with Crippen LogP contribution in [0.1, 0.15) is 17.5 Å². The Balaban J connectivity index is 1.73. The van der Waals surface area contributed by atoms with Gasteiger partial charge in [0.2, 0.25) is 0 Å². The third-order valence-electron chi connectivity index (χ3n) is 5.66. The molecule has 0 radical (unpaired) electrons. The van der Waals surface area contributed by atoms with Crippen LogP contribution in [0.4, 0.5) is 0 Å². The maximum Gasteiger partial charge on any atom is 0.259 e. The fourth-order valence-corrected chi connectivity index (χ4v) is 4.37. The smallest absolute Gasteiger partial charge is 0.259 e. The zero-order chi connectivity index (χ0) is 22.2. The van der Waals surface area contributed by atoms with Crippen LogP contribution in [-0.2, 0) is 16.1 Å². The van der Waals surface area contributed by atoms with Crippen LogP contribution in [0, 0.1) is 0 Å². The summed E-state index contributed by atoms with van der Waals surface area (Å²) in [5.41, 5.74) is 3.60. The Morgan fingerprint density at radius 3 is 2.62 bits per heavy atom. The van der Waals surface area contributed by atoms with E-state index in [0.29, 0.717) is 40.7 Å². The first-order valence-corrected chi connectivity index (χ1v) is 10.5. The number of phenolic OH excluding ortho intramolecular Hbond substituents is 1. The molecule has 0 aliphatic carbocycles. The standard InChI is InChI=1S/C24H18N4O3S/c29-14-6-7-20-16(10-14)18(12-28(20)9-3-8-25-13-32)22-21(23(30)27-24(22)31)17-11-26-19-5-2-1-4-15(17)19/h1-2,4-7,10-12,26,29H,3,8-9H2,(H,27,30,31). The zero-order valence-electron chi connectivity index (χ0n) is 16.9. The molecule has 7 nitrogen and oxygen atoms in total. The van der Waals surface area contributed by atoms with Gasteiger partial charge < -0.3 is 14.7 Å². The molecule has 2 aromatic carbocycles. The lowest BCUT2D eigenvalue weighted by molar-refractivity contribution is -0.122. The molecule has 32 heavy (non-hydrogen) atoms. The van der Waals surface area contributed by atoms with Crippen molar-refractivity contribution in [3.63, 3.8) is 0 Å². The number of imide groups is 1. The fourth-order valence-electron chi connectivity index (χ4n) is 4.28. The van der Waals surface area contributed by atoms with Gasteiger partial charge in [0.15, 0.2) is 0 Å². The highest BCUT2D eigenvalue weighted by atomic mass is 32.1. The van der Waals surface area contributed by atoms with E-state index in [2.05, 4.69) is 32.7 Å². The van der Waals surface area contributed by atoms with Gasteiger partial charge in [-0.1, -0.05) is 18.2 Å². The van der Waals surface area contributed by atoms with E-state index in [1.54, 1.807) is 24.4 Å².